The molecule has 6 heteroatoms. The van der Waals surface area contributed by atoms with Crippen LogP contribution < -0.4 is 5.73 Å². The van der Waals surface area contributed by atoms with Crippen molar-refractivity contribution in [1.82, 2.24) is 0 Å². The third-order valence-electron chi connectivity index (χ3n) is 2.29. The van der Waals surface area contributed by atoms with E-state index in [0.717, 1.165) is 12.0 Å². The molecule has 1 amide bonds. The van der Waals surface area contributed by atoms with Gasteiger partial charge in [0.2, 0.25) is 0 Å². The molecule has 0 saturated heterocycles. The lowest BCUT2D eigenvalue weighted by Crippen LogP contribution is -2.23. The molecule has 1 atom stereocenters. The summed E-state index contributed by atoms with van der Waals surface area (Å²) in [6, 6.07) is 6.69. The Bertz CT molecular complexity index is 389. The van der Waals surface area contributed by atoms with Gasteiger partial charge in [-0.3, -0.25) is 4.79 Å². The molecular weight excluding hydrogens is 229 g/mol. The van der Waals surface area contributed by atoms with E-state index in [-0.39, 0.29) is 0 Å². The van der Waals surface area contributed by atoms with Crippen LogP contribution in [0.1, 0.15) is 23.7 Å². The second-order valence-corrected chi connectivity index (χ2v) is 5.26. The van der Waals surface area contributed by atoms with Gasteiger partial charge in [0.05, 0.1) is 0 Å². The Labute approximate surface area is 94.1 Å². The fourth-order valence-corrected chi connectivity index (χ4v) is 2.42. The molecular formula is C10H15NO4P+. The summed E-state index contributed by atoms with van der Waals surface area (Å²) in [7, 11) is -4.31. The number of carbonyl (C=O) groups is 1. The van der Waals surface area contributed by atoms with Gasteiger partial charge >= 0.3 is 7.94 Å². The number of rotatable bonds is 4. The zero-order chi connectivity index (χ0) is 12.3. The molecule has 5 N–H and O–H groups in total. The molecule has 88 valence electrons. The van der Waals surface area contributed by atoms with E-state index in [2.05, 4.69) is 0 Å². The van der Waals surface area contributed by atoms with Crippen LogP contribution in [0.15, 0.2) is 24.3 Å². The Morgan fingerprint density at radius 3 is 2.50 bits per heavy atom. The van der Waals surface area contributed by atoms with Gasteiger partial charge in [0.1, 0.15) is 0 Å². The summed E-state index contributed by atoms with van der Waals surface area (Å²) in [6.07, 6.45) is 0.743. The molecule has 0 bridgehead atoms. The van der Waals surface area contributed by atoms with E-state index in [4.69, 9.17) is 5.73 Å². The molecule has 16 heavy (non-hydrogen) atoms. The first-order valence-electron chi connectivity index (χ1n) is 4.81. The van der Waals surface area contributed by atoms with Crippen LogP contribution in [0, 0.1) is 0 Å². The van der Waals surface area contributed by atoms with Crippen molar-refractivity contribution in [2.75, 3.05) is 0 Å². The first-order valence-corrected chi connectivity index (χ1v) is 6.53. The summed E-state index contributed by atoms with van der Waals surface area (Å²) in [6.45, 7) is 1.93. The molecule has 1 aromatic rings. The highest BCUT2D eigenvalue weighted by Crippen LogP contribution is 2.59. The van der Waals surface area contributed by atoms with Crippen molar-refractivity contribution in [3.05, 3.63) is 35.4 Å². The molecule has 1 rings (SSSR count). The van der Waals surface area contributed by atoms with Gasteiger partial charge in [0.15, 0.2) is 0 Å². The third-order valence-corrected chi connectivity index (χ3v) is 3.54. The van der Waals surface area contributed by atoms with Gasteiger partial charge in [-0.25, -0.2) is 0 Å². The van der Waals surface area contributed by atoms with Crippen LogP contribution in [0.5, 0.6) is 0 Å². The summed E-state index contributed by atoms with van der Waals surface area (Å²) in [5, 5.41) is 0. The lowest BCUT2D eigenvalue weighted by molar-refractivity contribution is -0.118. The standard InChI is InChI=1S/C10H14NO4P/c1-2-7-4-3-5-8(6-7)9(10(11)12)16(13,14)15/h3-6,9,13-15H,2H2,1H3,(H-,11,12)/p+1. The predicted molar refractivity (Wildman–Crippen MR) is 61.3 cm³/mol. The fourth-order valence-electron chi connectivity index (χ4n) is 1.52. The number of aryl methyl sites for hydroxylation is 1. The minimum Gasteiger partial charge on any atom is -0.366 e. The lowest BCUT2D eigenvalue weighted by Gasteiger charge is -2.14. The van der Waals surface area contributed by atoms with Crippen molar-refractivity contribution >= 4 is 13.9 Å². The Balaban J connectivity index is 3.16. The molecule has 0 aliphatic carbocycles. The number of amides is 1. The van der Waals surface area contributed by atoms with Crippen molar-refractivity contribution < 1.29 is 19.5 Å². The highest BCUT2D eigenvalue weighted by atomic mass is 31.2. The molecule has 0 aliphatic rings. The van der Waals surface area contributed by atoms with Crippen molar-refractivity contribution in [3.8, 4) is 0 Å². The monoisotopic (exact) mass is 244 g/mol. The number of nitrogens with two attached hydrogens (primary N) is 1. The summed E-state index contributed by atoms with van der Waals surface area (Å²) in [4.78, 5) is 38.7. The summed E-state index contributed by atoms with van der Waals surface area (Å²) < 4.78 is 0. The molecule has 1 unspecified atom stereocenters. The zero-order valence-electron chi connectivity index (χ0n) is 8.87. The Morgan fingerprint density at radius 2 is 2.06 bits per heavy atom. The number of benzene rings is 1. The van der Waals surface area contributed by atoms with Crippen molar-refractivity contribution in [1.29, 1.82) is 0 Å². The number of hydrogen-bond donors (Lipinski definition) is 4. The predicted octanol–water partition coefficient (Wildman–Crippen LogP) is 0.515. The summed E-state index contributed by atoms with van der Waals surface area (Å²) in [5.74, 6) is -0.950. The normalized spacial score (nSPS) is 13.5. The topological polar surface area (TPSA) is 104 Å². The second kappa shape index (κ2) is 4.89. The first kappa shape index (κ1) is 13.1. The summed E-state index contributed by atoms with van der Waals surface area (Å²) >= 11 is 0. The van der Waals surface area contributed by atoms with E-state index < -0.39 is 19.5 Å². The SMILES string of the molecule is CCc1cccc(C(C(N)=O)[P+](O)(O)O)c1. The van der Waals surface area contributed by atoms with E-state index in [1.54, 1.807) is 12.1 Å². The van der Waals surface area contributed by atoms with Gasteiger partial charge in [-0.2, -0.15) is 14.7 Å². The van der Waals surface area contributed by atoms with Crippen molar-refractivity contribution in [3.63, 3.8) is 0 Å². The second-order valence-electron chi connectivity index (χ2n) is 3.52. The smallest absolute Gasteiger partial charge is 0.366 e. The fraction of sp³-hybridized carbons (Fsp3) is 0.300. The van der Waals surface area contributed by atoms with Crippen LogP contribution >= 0.6 is 7.94 Å². The molecule has 5 nitrogen and oxygen atoms in total. The molecule has 0 aliphatic heterocycles. The van der Waals surface area contributed by atoms with E-state index in [9.17, 15) is 19.5 Å². The number of carbonyl (C=O) groups excluding carboxylic acids is 1. The highest BCUT2D eigenvalue weighted by molar-refractivity contribution is 7.60. The number of hydrogen-bond acceptors (Lipinski definition) is 4. The average molecular weight is 244 g/mol. The molecule has 0 aromatic heterocycles. The quantitative estimate of drug-likeness (QED) is 0.579. The van der Waals surface area contributed by atoms with Gasteiger partial charge in [0, 0.05) is 5.56 Å². The molecule has 0 heterocycles. The first-order chi connectivity index (χ1) is 7.36. The average Bonchev–Trinajstić information content (AvgIpc) is 2.15. The largest absolute Gasteiger partial charge is 0.421 e. The van der Waals surface area contributed by atoms with Crippen LogP contribution in [0.25, 0.3) is 0 Å². The van der Waals surface area contributed by atoms with E-state index in [1.807, 2.05) is 13.0 Å². The summed E-state index contributed by atoms with van der Waals surface area (Å²) in [5.41, 5.74) is 4.86. The molecule has 0 fully saturated rings. The van der Waals surface area contributed by atoms with Gasteiger partial charge in [-0.15, -0.1) is 0 Å². The Morgan fingerprint density at radius 1 is 1.44 bits per heavy atom. The minimum absolute atomic E-state index is 0.327. The highest BCUT2D eigenvalue weighted by Gasteiger charge is 2.48. The maximum Gasteiger partial charge on any atom is 0.421 e. The Kier molecular flexibility index (Phi) is 3.99. The maximum atomic E-state index is 11.1. The third kappa shape index (κ3) is 3.00. The maximum absolute atomic E-state index is 11.1. The van der Waals surface area contributed by atoms with E-state index in [0.29, 0.717) is 5.56 Å². The van der Waals surface area contributed by atoms with Crippen LogP contribution in [0.3, 0.4) is 0 Å². The molecule has 0 saturated carbocycles. The van der Waals surface area contributed by atoms with Gasteiger partial charge < -0.3 is 5.73 Å². The van der Waals surface area contributed by atoms with E-state index in [1.165, 1.54) is 6.07 Å². The molecule has 0 spiro atoms. The van der Waals surface area contributed by atoms with Crippen molar-refractivity contribution in [2.24, 2.45) is 5.73 Å². The minimum atomic E-state index is -4.31. The van der Waals surface area contributed by atoms with Gasteiger partial charge in [-0.05, 0) is 12.0 Å². The van der Waals surface area contributed by atoms with Crippen LogP contribution in [-0.4, -0.2) is 20.6 Å². The zero-order valence-corrected chi connectivity index (χ0v) is 9.76. The van der Waals surface area contributed by atoms with Crippen LogP contribution in [0.2, 0.25) is 0 Å². The van der Waals surface area contributed by atoms with Crippen LogP contribution in [-0.2, 0) is 11.2 Å². The Hall–Kier alpha value is -1.00. The molecule has 1 aromatic carbocycles. The van der Waals surface area contributed by atoms with E-state index >= 15 is 0 Å². The molecule has 0 radical (unpaired) electrons. The van der Waals surface area contributed by atoms with Gasteiger partial charge in [-0.1, -0.05) is 31.2 Å². The van der Waals surface area contributed by atoms with Crippen molar-refractivity contribution in [2.45, 2.75) is 19.0 Å². The van der Waals surface area contributed by atoms with Gasteiger partial charge in [0.25, 0.3) is 11.6 Å². The lowest BCUT2D eigenvalue weighted by atomic mass is 10.1. The number of primary amides is 1. The van der Waals surface area contributed by atoms with Crippen LogP contribution in [0.4, 0.5) is 0 Å².